The number of carbonyl (C=O) groups is 1. The van der Waals surface area contributed by atoms with Crippen LogP contribution in [0.4, 0.5) is 0 Å². The molecule has 2 aromatic heterocycles. The second kappa shape index (κ2) is 7.11. The van der Waals surface area contributed by atoms with Gasteiger partial charge in [-0.05, 0) is 42.8 Å². The highest BCUT2D eigenvalue weighted by Gasteiger charge is 2.10. The van der Waals surface area contributed by atoms with Crippen LogP contribution in [-0.4, -0.2) is 29.2 Å². The highest BCUT2D eigenvalue weighted by Crippen LogP contribution is 2.21. The van der Waals surface area contributed by atoms with Crippen LogP contribution < -0.4 is 4.80 Å². The third kappa shape index (κ3) is 3.21. The molecule has 0 spiro atoms. The van der Waals surface area contributed by atoms with Gasteiger partial charge in [-0.15, -0.1) is 11.3 Å². The van der Waals surface area contributed by atoms with Crippen molar-refractivity contribution in [2.24, 2.45) is 4.99 Å². The van der Waals surface area contributed by atoms with Crippen molar-refractivity contribution >= 4 is 49.0 Å². The number of aryl methyl sites for hydroxylation is 1. The zero-order chi connectivity index (χ0) is 18.1. The minimum atomic E-state index is -0.241. The van der Waals surface area contributed by atoms with Crippen molar-refractivity contribution in [2.45, 2.75) is 13.5 Å². The lowest BCUT2D eigenvalue weighted by atomic mass is 10.2. The monoisotopic (exact) mass is 383 g/mol. The Labute approximate surface area is 158 Å². The zero-order valence-corrected chi connectivity index (χ0v) is 16.1. The lowest BCUT2D eigenvalue weighted by Gasteiger charge is -2.04. The van der Waals surface area contributed by atoms with E-state index in [4.69, 9.17) is 4.74 Å². The third-order valence-corrected chi connectivity index (χ3v) is 5.97. The summed E-state index contributed by atoms with van der Waals surface area (Å²) in [6.07, 6.45) is 0. The standard InChI is InChI=1S/C19H17N3O2S2/c1-12-3-6-15-17(9-12)26-19(22(15)7-8-24-2)21-18(23)13-4-5-14-16(10-13)25-11-20-14/h3-6,9-11H,7-8H2,1-2H3. The average Bonchev–Trinajstić information content (AvgIpc) is 3.23. The number of ether oxygens (including phenoxy) is 1. The Morgan fingerprint density at radius 3 is 2.96 bits per heavy atom. The van der Waals surface area contributed by atoms with Gasteiger partial charge in [0.25, 0.3) is 5.91 Å². The number of carbonyl (C=O) groups excluding carboxylic acids is 1. The Bertz CT molecular complexity index is 1170. The lowest BCUT2D eigenvalue weighted by molar-refractivity contribution is 0.0997. The lowest BCUT2D eigenvalue weighted by Crippen LogP contribution is -2.19. The number of fused-ring (bicyclic) bond motifs is 2. The summed E-state index contributed by atoms with van der Waals surface area (Å²) in [5.74, 6) is -0.241. The van der Waals surface area contributed by atoms with E-state index >= 15 is 0 Å². The molecule has 132 valence electrons. The molecule has 2 heterocycles. The molecular weight excluding hydrogens is 366 g/mol. The van der Waals surface area contributed by atoms with Gasteiger partial charge in [0, 0.05) is 19.2 Å². The molecule has 0 radical (unpaired) electrons. The van der Waals surface area contributed by atoms with Crippen molar-refractivity contribution < 1.29 is 9.53 Å². The van der Waals surface area contributed by atoms with Gasteiger partial charge in [-0.1, -0.05) is 17.4 Å². The highest BCUT2D eigenvalue weighted by molar-refractivity contribution is 7.17. The van der Waals surface area contributed by atoms with Gasteiger partial charge in [0.15, 0.2) is 4.80 Å². The molecule has 0 unspecified atom stereocenters. The molecule has 0 N–H and O–H groups in total. The fourth-order valence-corrected chi connectivity index (χ4v) is 4.67. The van der Waals surface area contributed by atoms with Crippen LogP contribution in [0.15, 0.2) is 46.9 Å². The minimum absolute atomic E-state index is 0.241. The van der Waals surface area contributed by atoms with Crippen molar-refractivity contribution in [3.8, 4) is 0 Å². The van der Waals surface area contributed by atoms with E-state index < -0.39 is 0 Å². The molecule has 4 rings (SSSR count). The predicted molar refractivity (Wildman–Crippen MR) is 106 cm³/mol. The Balaban J connectivity index is 1.81. The smallest absolute Gasteiger partial charge is 0.279 e. The molecular formula is C19H17N3O2S2. The molecule has 1 amide bonds. The average molecular weight is 383 g/mol. The van der Waals surface area contributed by atoms with Crippen LogP contribution in [0.3, 0.4) is 0 Å². The molecule has 0 saturated carbocycles. The van der Waals surface area contributed by atoms with Crippen molar-refractivity contribution in [3.05, 3.63) is 57.8 Å². The number of methoxy groups -OCH3 is 1. The fourth-order valence-electron chi connectivity index (χ4n) is 2.80. The molecule has 0 atom stereocenters. The maximum absolute atomic E-state index is 12.7. The van der Waals surface area contributed by atoms with E-state index in [0.29, 0.717) is 23.5 Å². The van der Waals surface area contributed by atoms with E-state index in [1.807, 2.05) is 16.7 Å². The molecule has 0 aliphatic heterocycles. The Morgan fingerprint density at radius 2 is 2.12 bits per heavy atom. The molecule has 4 aromatic rings. The fraction of sp³-hybridized carbons (Fsp3) is 0.211. The summed E-state index contributed by atoms with van der Waals surface area (Å²) >= 11 is 3.05. The third-order valence-electron chi connectivity index (χ3n) is 4.13. The van der Waals surface area contributed by atoms with Crippen molar-refractivity contribution in [1.29, 1.82) is 0 Å². The number of thiazole rings is 2. The van der Waals surface area contributed by atoms with E-state index in [1.165, 1.54) is 28.2 Å². The van der Waals surface area contributed by atoms with Gasteiger partial charge in [-0.3, -0.25) is 4.79 Å². The summed E-state index contributed by atoms with van der Waals surface area (Å²) in [5, 5.41) is 0. The number of amides is 1. The van der Waals surface area contributed by atoms with Gasteiger partial charge >= 0.3 is 0 Å². The minimum Gasteiger partial charge on any atom is -0.383 e. The summed E-state index contributed by atoms with van der Waals surface area (Å²) in [6.45, 7) is 3.28. The first kappa shape index (κ1) is 17.1. The quantitative estimate of drug-likeness (QED) is 0.535. The molecule has 0 bridgehead atoms. The topological polar surface area (TPSA) is 56.5 Å². The molecule has 7 heteroatoms. The Morgan fingerprint density at radius 1 is 1.23 bits per heavy atom. The van der Waals surface area contributed by atoms with Crippen LogP contribution in [0, 0.1) is 6.92 Å². The maximum atomic E-state index is 12.7. The SMILES string of the molecule is COCCn1c(=NC(=O)c2ccc3ncsc3c2)sc2cc(C)ccc21. The molecule has 0 aliphatic rings. The number of rotatable bonds is 4. The molecule has 0 saturated heterocycles. The predicted octanol–water partition coefficient (Wildman–Crippen LogP) is 4.01. The van der Waals surface area contributed by atoms with E-state index in [1.54, 1.807) is 18.7 Å². The normalized spacial score (nSPS) is 12.3. The maximum Gasteiger partial charge on any atom is 0.279 e. The van der Waals surface area contributed by atoms with Crippen LogP contribution in [-0.2, 0) is 11.3 Å². The molecule has 2 aromatic carbocycles. The van der Waals surface area contributed by atoms with Crippen molar-refractivity contribution in [2.75, 3.05) is 13.7 Å². The largest absolute Gasteiger partial charge is 0.383 e. The number of nitrogens with zero attached hydrogens (tertiary/aromatic N) is 3. The van der Waals surface area contributed by atoms with E-state index in [2.05, 4.69) is 35.1 Å². The van der Waals surface area contributed by atoms with Gasteiger partial charge in [-0.2, -0.15) is 4.99 Å². The molecule has 5 nitrogen and oxygen atoms in total. The van der Waals surface area contributed by atoms with Crippen molar-refractivity contribution in [3.63, 3.8) is 0 Å². The zero-order valence-electron chi connectivity index (χ0n) is 14.4. The second-order valence-corrected chi connectivity index (χ2v) is 7.85. The van der Waals surface area contributed by atoms with Gasteiger partial charge in [0.1, 0.15) is 0 Å². The van der Waals surface area contributed by atoms with E-state index in [9.17, 15) is 4.79 Å². The summed E-state index contributed by atoms with van der Waals surface area (Å²) in [7, 11) is 1.67. The number of benzene rings is 2. The van der Waals surface area contributed by atoms with Gasteiger partial charge in [0.2, 0.25) is 0 Å². The first-order valence-electron chi connectivity index (χ1n) is 8.17. The first-order chi connectivity index (χ1) is 12.7. The summed E-state index contributed by atoms with van der Waals surface area (Å²) in [6, 6.07) is 11.8. The van der Waals surface area contributed by atoms with Crippen LogP contribution in [0.5, 0.6) is 0 Å². The second-order valence-electron chi connectivity index (χ2n) is 5.95. The van der Waals surface area contributed by atoms with Crippen LogP contribution in [0.25, 0.3) is 20.4 Å². The molecule has 0 fully saturated rings. The summed E-state index contributed by atoms with van der Waals surface area (Å²) < 4.78 is 9.38. The Kier molecular flexibility index (Phi) is 4.67. The Hall–Kier alpha value is -2.35. The van der Waals surface area contributed by atoms with Crippen LogP contribution in [0.2, 0.25) is 0 Å². The van der Waals surface area contributed by atoms with Gasteiger partial charge in [0.05, 0.1) is 32.6 Å². The molecule has 0 aliphatic carbocycles. The van der Waals surface area contributed by atoms with Gasteiger partial charge < -0.3 is 9.30 Å². The van der Waals surface area contributed by atoms with E-state index in [0.717, 1.165) is 20.4 Å². The number of hydrogen-bond acceptors (Lipinski definition) is 5. The highest BCUT2D eigenvalue weighted by atomic mass is 32.1. The van der Waals surface area contributed by atoms with Crippen molar-refractivity contribution in [1.82, 2.24) is 9.55 Å². The first-order valence-corrected chi connectivity index (χ1v) is 9.86. The van der Waals surface area contributed by atoms with Crippen LogP contribution >= 0.6 is 22.7 Å². The molecule has 26 heavy (non-hydrogen) atoms. The summed E-state index contributed by atoms with van der Waals surface area (Å²) in [5.41, 5.74) is 5.52. The van der Waals surface area contributed by atoms with Crippen LogP contribution in [0.1, 0.15) is 15.9 Å². The van der Waals surface area contributed by atoms with E-state index in [-0.39, 0.29) is 5.91 Å². The summed E-state index contributed by atoms with van der Waals surface area (Å²) in [4.78, 5) is 22.1. The number of hydrogen-bond donors (Lipinski definition) is 0. The number of aromatic nitrogens is 2. The van der Waals surface area contributed by atoms with Gasteiger partial charge in [-0.25, -0.2) is 4.98 Å².